The van der Waals surface area contributed by atoms with E-state index in [-0.39, 0.29) is 110 Å². The minimum atomic E-state index is -0.697. The molecule has 0 bridgehead atoms. The normalized spacial score (nSPS) is 53.3. The molecular weight excluding hydrogens is 797 g/mol. The van der Waals surface area contributed by atoms with Gasteiger partial charge in [0.1, 0.15) is 30.7 Å². The zero-order valence-corrected chi connectivity index (χ0v) is 37.1. The van der Waals surface area contributed by atoms with Crippen molar-refractivity contribution in [1.82, 2.24) is 0 Å². The monoisotopic (exact) mass is 866 g/mol. The summed E-state index contributed by atoms with van der Waals surface area (Å²) in [5.74, 6) is 0.336. The van der Waals surface area contributed by atoms with Gasteiger partial charge in [-0.05, 0) is 89.0 Å². The summed E-state index contributed by atoms with van der Waals surface area (Å²) < 4.78 is 68.1. The SMILES string of the molecule is C=C(C=O)C[C@@H]1C[C@H](O)C2OC3C[C@]4(C)OC5/C=C\CC6OC7C(CC=CCC6OC5CCCC4OC3CC2O1)OC1CC2OC3CC(=O)OC3C[C@@H](C)C[C@@]2(C)OC1C[C@@H]7C. The number of hydrogen-bond acceptors (Lipinski definition) is 13. The Labute approximate surface area is 366 Å². The molecule has 1 N–H and O–H groups in total. The van der Waals surface area contributed by atoms with Gasteiger partial charge in [0.2, 0.25) is 0 Å². The summed E-state index contributed by atoms with van der Waals surface area (Å²) in [6.45, 7) is 12.7. The van der Waals surface area contributed by atoms with Gasteiger partial charge in [-0.2, -0.15) is 0 Å². The molecule has 344 valence electrons. The summed E-state index contributed by atoms with van der Waals surface area (Å²) >= 11 is 0. The molecule has 10 aliphatic rings. The molecule has 62 heavy (non-hydrogen) atoms. The van der Waals surface area contributed by atoms with Crippen molar-refractivity contribution in [3.05, 3.63) is 36.5 Å². The Morgan fingerprint density at radius 1 is 0.694 bits per heavy atom. The van der Waals surface area contributed by atoms with E-state index in [9.17, 15) is 14.7 Å². The van der Waals surface area contributed by atoms with Crippen molar-refractivity contribution in [3.63, 3.8) is 0 Å². The topological polar surface area (TPSA) is 147 Å². The third-order valence-corrected chi connectivity index (χ3v) is 16.2. The minimum Gasteiger partial charge on any atom is -0.459 e. The van der Waals surface area contributed by atoms with Crippen LogP contribution < -0.4 is 0 Å². The maximum absolute atomic E-state index is 12.3. The third-order valence-electron chi connectivity index (χ3n) is 16.2. The van der Waals surface area contributed by atoms with E-state index in [0.717, 1.165) is 57.7 Å². The number of aliphatic hydroxyl groups excluding tert-OH is 1. The highest BCUT2D eigenvalue weighted by Gasteiger charge is 2.57. The Morgan fingerprint density at radius 3 is 2.26 bits per heavy atom. The highest BCUT2D eigenvalue weighted by Crippen LogP contribution is 2.48. The summed E-state index contributed by atoms with van der Waals surface area (Å²) in [6, 6.07) is 0. The largest absolute Gasteiger partial charge is 0.459 e. The predicted molar refractivity (Wildman–Crippen MR) is 224 cm³/mol. The molecule has 8 saturated heterocycles. The van der Waals surface area contributed by atoms with Gasteiger partial charge in [0.25, 0.3) is 0 Å². The minimum absolute atomic E-state index is 0.0861. The lowest BCUT2D eigenvalue weighted by Gasteiger charge is -2.55. The maximum Gasteiger partial charge on any atom is 0.308 e. The van der Waals surface area contributed by atoms with Crippen LogP contribution in [-0.2, 0) is 57.0 Å². The van der Waals surface area contributed by atoms with Crippen molar-refractivity contribution >= 4 is 12.3 Å². The van der Waals surface area contributed by atoms with Gasteiger partial charge >= 0.3 is 5.97 Å². The van der Waals surface area contributed by atoms with Gasteiger partial charge in [-0.3, -0.25) is 9.59 Å². The quantitative estimate of drug-likeness (QED) is 0.155. The number of ether oxygens (including phenoxy) is 10. The summed E-state index contributed by atoms with van der Waals surface area (Å²) in [5, 5.41) is 11.2. The van der Waals surface area contributed by atoms with Crippen LogP contribution in [-0.4, -0.2) is 138 Å². The standard InChI is InChI=1S/C49H70O13/c1-26-17-36-39(22-45(52)58-36)57-44-21-38-40(62-48(44,4)23-26)18-28(3)46-35(55-38)11-7-6-10-31-32(59-46)12-8-14-34-33(54-31)13-9-15-43-49(5,61-34)24-42-37(56-43)20-41-47(60-42)30(51)19-29(53-41)16-27(2)25-50/h6-8,14,25-26,28-44,46-47,51H,2,9-13,15-24H2,1,3-5H3/b7-6?,14-8-/t26-,28+,29-,30+,31?,32?,33?,34?,35?,36?,37?,38?,39?,40?,41?,42?,43?,44?,46?,47?,48-,49+/m1/s1. The summed E-state index contributed by atoms with van der Waals surface area (Å²) in [6.07, 6.45) is 15.7. The molecule has 0 saturated carbocycles. The molecule has 0 spiro atoms. The van der Waals surface area contributed by atoms with E-state index >= 15 is 0 Å². The molecule has 8 fully saturated rings. The number of esters is 1. The van der Waals surface area contributed by atoms with Crippen LogP contribution in [0.15, 0.2) is 36.5 Å². The van der Waals surface area contributed by atoms with E-state index in [4.69, 9.17) is 47.4 Å². The van der Waals surface area contributed by atoms with Gasteiger partial charge in [0.05, 0.1) is 103 Å². The average molecular weight is 867 g/mol. The molecule has 10 heterocycles. The number of carbonyl (C=O) groups is 2. The van der Waals surface area contributed by atoms with Crippen molar-refractivity contribution in [1.29, 1.82) is 0 Å². The highest BCUT2D eigenvalue weighted by molar-refractivity contribution is 5.72. The molecule has 0 amide bonds. The van der Waals surface area contributed by atoms with Crippen molar-refractivity contribution in [2.75, 3.05) is 0 Å². The fraction of sp³-hybridized carbons (Fsp3) is 0.837. The van der Waals surface area contributed by atoms with Crippen LogP contribution in [0, 0.1) is 11.8 Å². The second-order valence-electron chi connectivity index (χ2n) is 21.2. The Kier molecular flexibility index (Phi) is 12.5. The van der Waals surface area contributed by atoms with Crippen LogP contribution in [0.2, 0.25) is 0 Å². The van der Waals surface area contributed by atoms with Crippen LogP contribution in [0.4, 0.5) is 0 Å². The second-order valence-corrected chi connectivity index (χ2v) is 21.2. The molecule has 10 aliphatic heterocycles. The van der Waals surface area contributed by atoms with Crippen molar-refractivity contribution < 1.29 is 62.1 Å². The van der Waals surface area contributed by atoms with E-state index in [0.29, 0.717) is 56.4 Å². The Balaban J connectivity index is 0.817. The lowest BCUT2D eigenvalue weighted by atomic mass is 9.78. The number of rotatable bonds is 3. The van der Waals surface area contributed by atoms with Crippen molar-refractivity contribution in [2.45, 2.75) is 245 Å². The molecule has 0 aromatic heterocycles. The van der Waals surface area contributed by atoms with Crippen molar-refractivity contribution in [3.8, 4) is 0 Å². The van der Waals surface area contributed by atoms with Gasteiger partial charge in [0, 0.05) is 32.1 Å². The van der Waals surface area contributed by atoms with Gasteiger partial charge < -0.3 is 52.5 Å². The van der Waals surface area contributed by atoms with E-state index in [1.165, 1.54) is 0 Å². The van der Waals surface area contributed by atoms with Crippen molar-refractivity contribution in [2.24, 2.45) is 11.8 Å². The Morgan fingerprint density at radius 2 is 1.42 bits per heavy atom. The maximum atomic E-state index is 12.3. The fourth-order valence-corrected chi connectivity index (χ4v) is 13.2. The van der Waals surface area contributed by atoms with E-state index in [2.05, 4.69) is 58.6 Å². The van der Waals surface area contributed by atoms with Crippen LogP contribution in [0.5, 0.6) is 0 Å². The first-order valence-corrected chi connectivity index (χ1v) is 24.1. The molecule has 0 radical (unpaired) electrons. The Bertz CT molecular complexity index is 1720. The summed E-state index contributed by atoms with van der Waals surface area (Å²) in [7, 11) is 0. The van der Waals surface area contributed by atoms with E-state index < -0.39 is 23.4 Å². The molecule has 13 nitrogen and oxygen atoms in total. The van der Waals surface area contributed by atoms with E-state index in [1.807, 2.05) is 0 Å². The first kappa shape index (κ1) is 43.8. The third kappa shape index (κ3) is 8.71. The first-order valence-electron chi connectivity index (χ1n) is 24.1. The number of fused-ring (bicyclic) bond motifs is 9. The average Bonchev–Trinajstić information content (AvgIpc) is 3.52. The molecule has 0 aromatic rings. The predicted octanol–water partition coefficient (Wildman–Crippen LogP) is 5.95. The molecule has 10 rings (SSSR count). The highest BCUT2D eigenvalue weighted by atomic mass is 16.6. The number of hydrogen-bond donors (Lipinski definition) is 1. The van der Waals surface area contributed by atoms with Gasteiger partial charge in [-0.25, -0.2) is 0 Å². The zero-order chi connectivity index (χ0) is 42.9. The van der Waals surface area contributed by atoms with Crippen LogP contribution in [0.3, 0.4) is 0 Å². The lowest BCUT2D eigenvalue weighted by Crippen LogP contribution is -2.65. The molecule has 16 unspecified atom stereocenters. The molecule has 13 heteroatoms. The molecule has 0 aromatic carbocycles. The van der Waals surface area contributed by atoms with Crippen LogP contribution in [0.1, 0.15) is 124 Å². The second kappa shape index (κ2) is 17.6. The zero-order valence-electron chi connectivity index (χ0n) is 37.1. The summed E-state index contributed by atoms with van der Waals surface area (Å²) in [4.78, 5) is 23.6. The van der Waals surface area contributed by atoms with Gasteiger partial charge in [-0.1, -0.05) is 44.7 Å². The molecule has 22 atom stereocenters. The smallest absolute Gasteiger partial charge is 0.308 e. The summed E-state index contributed by atoms with van der Waals surface area (Å²) in [5.41, 5.74) is -0.638. The number of carbonyl (C=O) groups excluding carboxylic acids is 2. The van der Waals surface area contributed by atoms with E-state index in [1.54, 1.807) is 0 Å². The van der Waals surface area contributed by atoms with Gasteiger partial charge in [0.15, 0.2) is 0 Å². The van der Waals surface area contributed by atoms with Gasteiger partial charge in [-0.15, -0.1) is 0 Å². The Hall–Kier alpha value is -2.04. The van der Waals surface area contributed by atoms with Crippen LogP contribution >= 0.6 is 0 Å². The number of aliphatic hydroxyl groups is 1. The van der Waals surface area contributed by atoms with Crippen LogP contribution in [0.25, 0.3) is 0 Å². The molecule has 0 aliphatic carbocycles. The first-order chi connectivity index (χ1) is 29.8. The number of aldehydes is 1. The lowest BCUT2D eigenvalue weighted by molar-refractivity contribution is -0.316. The fourth-order valence-electron chi connectivity index (χ4n) is 13.2. The molecular formula is C49H70O13.